The third-order valence-electron chi connectivity index (χ3n) is 3.50. The summed E-state index contributed by atoms with van der Waals surface area (Å²) in [6.45, 7) is 3.86. The summed E-state index contributed by atoms with van der Waals surface area (Å²) in [6.07, 6.45) is -0.329. The van der Waals surface area contributed by atoms with Gasteiger partial charge in [0.15, 0.2) is 0 Å². The standard InChI is InChI=1S/C19H22N2O3/c1-13-8-14(2)10-16(9-13)21-19(24)18(23)20-12-17(22)11-15-6-4-3-5-7-15/h3-10,17,22H,11-12H2,1-2H3,(H,20,23)(H,21,24). The molecule has 1 unspecified atom stereocenters. The number of carbonyl (C=O) groups is 2. The van der Waals surface area contributed by atoms with E-state index >= 15 is 0 Å². The van der Waals surface area contributed by atoms with Gasteiger partial charge < -0.3 is 15.7 Å². The Morgan fingerprint density at radius 3 is 2.25 bits per heavy atom. The van der Waals surface area contributed by atoms with Crippen molar-refractivity contribution in [1.29, 1.82) is 0 Å². The summed E-state index contributed by atoms with van der Waals surface area (Å²) in [7, 11) is 0. The van der Waals surface area contributed by atoms with Gasteiger partial charge >= 0.3 is 11.8 Å². The van der Waals surface area contributed by atoms with Gasteiger partial charge in [0.1, 0.15) is 0 Å². The maximum absolute atomic E-state index is 11.9. The second-order valence-electron chi connectivity index (χ2n) is 5.88. The molecule has 2 rings (SSSR count). The average molecular weight is 326 g/mol. The molecule has 2 aromatic carbocycles. The van der Waals surface area contributed by atoms with E-state index in [2.05, 4.69) is 10.6 Å². The Bertz CT molecular complexity index is 694. The molecule has 0 aliphatic carbocycles. The van der Waals surface area contributed by atoms with E-state index in [0.29, 0.717) is 12.1 Å². The van der Waals surface area contributed by atoms with Gasteiger partial charge in [-0.2, -0.15) is 0 Å². The number of hydrogen-bond donors (Lipinski definition) is 3. The molecule has 126 valence electrons. The minimum atomic E-state index is -0.763. The van der Waals surface area contributed by atoms with Gasteiger partial charge in [0.05, 0.1) is 6.10 Å². The van der Waals surface area contributed by atoms with Crippen LogP contribution in [-0.2, 0) is 16.0 Å². The van der Waals surface area contributed by atoms with Crippen LogP contribution in [0.1, 0.15) is 16.7 Å². The normalized spacial score (nSPS) is 11.6. The summed E-state index contributed by atoms with van der Waals surface area (Å²) in [5, 5.41) is 15.0. The topological polar surface area (TPSA) is 78.4 Å². The quantitative estimate of drug-likeness (QED) is 0.735. The molecule has 3 N–H and O–H groups in total. The van der Waals surface area contributed by atoms with Crippen LogP contribution < -0.4 is 10.6 Å². The Hall–Kier alpha value is -2.66. The van der Waals surface area contributed by atoms with Crippen molar-refractivity contribution in [2.75, 3.05) is 11.9 Å². The molecule has 0 bridgehead atoms. The molecule has 2 aromatic rings. The van der Waals surface area contributed by atoms with E-state index in [1.807, 2.05) is 50.2 Å². The van der Waals surface area contributed by atoms with Crippen molar-refractivity contribution in [1.82, 2.24) is 5.32 Å². The number of aliphatic hydroxyl groups is 1. The first-order chi connectivity index (χ1) is 11.4. The van der Waals surface area contributed by atoms with Crippen LogP contribution >= 0.6 is 0 Å². The smallest absolute Gasteiger partial charge is 0.313 e. The highest BCUT2D eigenvalue weighted by Crippen LogP contribution is 2.13. The van der Waals surface area contributed by atoms with Gasteiger partial charge in [0, 0.05) is 18.7 Å². The van der Waals surface area contributed by atoms with E-state index in [0.717, 1.165) is 16.7 Å². The number of rotatable bonds is 5. The van der Waals surface area contributed by atoms with Gasteiger partial charge in [-0.3, -0.25) is 9.59 Å². The van der Waals surface area contributed by atoms with Crippen LogP contribution in [0.3, 0.4) is 0 Å². The van der Waals surface area contributed by atoms with Crippen LogP contribution in [0.4, 0.5) is 5.69 Å². The molecule has 0 aliphatic rings. The molecule has 0 saturated heterocycles. The van der Waals surface area contributed by atoms with Crippen LogP contribution in [0.2, 0.25) is 0 Å². The Morgan fingerprint density at radius 1 is 1.00 bits per heavy atom. The lowest BCUT2D eigenvalue weighted by molar-refractivity contribution is -0.136. The molecule has 1 atom stereocenters. The van der Waals surface area contributed by atoms with Gasteiger partial charge in [-0.15, -0.1) is 0 Å². The van der Waals surface area contributed by atoms with Crippen LogP contribution in [0.5, 0.6) is 0 Å². The zero-order valence-electron chi connectivity index (χ0n) is 13.9. The number of hydrogen-bond acceptors (Lipinski definition) is 3. The number of aliphatic hydroxyl groups excluding tert-OH is 1. The van der Waals surface area contributed by atoms with Crippen molar-refractivity contribution in [3.63, 3.8) is 0 Å². The van der Waals surface area contributed by atoms with Crippen molar-refractivity contribution in [3.05, 3.63) is 65.2 Å². The summed E-state index contributed by atoms with van der Waals surface area (Å²) in [5.74, 6) is -1.51. The third kappa shape index (κ3) is 5.52. The Kier molecular flexibility index (Phi) is 6.09. The maximum Gasteiger partial charge on any atom is 0.313 e. The lowest BCUT2D eigenvalue weighted by Gasteiger charge is -2.12. The average Bonchev–Trinajstić information content (AvgIpc) is 2.52. The highest BCUT2D eigenvalue weighted by molar-refractivity contribution is 6.39. The van der Waals surface area contributed by atoms with E-state index in [1.54, 1.807) is 12.1 Å². The highest BCUT2D eigenvalue weighted by Gasteiger charge is 2.15. The number of carbonyl (C=O) groups excluding carboxylic acids is 2. The lowest BCUT2D eigenvalue weighted by Crippen LogP contribution is -2.40. The van der Waals surface area contributed by atoms with Gasteiger partial charge in [0.25, 0.3) is 0 Å². The van der Waals surface area contributed by atoms with Gasteiger partial charge in [-0.05, 0) is 42.7 Å². The number of anilines is 1. The summed E-state index contributed by atoms with van der Waals surface area (Å²) in [6, 6.07) is 15.0. The third-order valence-corrected chi connectivity index (χ3v) is 3.50. The molecule has 0 fully saturated rings. The molecule has 0 radical (unpaired) electrons. The monoisotopic (exact) mass is 326 g/mol. The lowest BCUT2D eigenvalue weighted by atomic mass is 10.1. The van der Waals surface area contributed by atoms with Crippen LogP contribution in [0.15, 0.2) is 48.5 Å². The van der Waals surface area contributed by atoms with E-state index in [4.69, 9.17) is 0 Å². The molecule has 24 heavy (non-hydrogen) atoms. The van der Waals surface area contributed by atoms with E-state index in [1.165, 1.54) is 0 Å². The predicted octanol–water partition coefficient (Wildman–Crippen LogP) is 1.96. The van der Waals surface area contributed by atoms with Crippen LogP contribution in [0, 0.1) is 13.8 Å². The molecular formula is C19H22N2O3. The highest BCUT2D eigenvalue weighted by atomic mass is 16.3. The van der Waals surface area contributed by atoms with Crippen LogP contribution in [-0.4, -0.2) is 29.6 Å². The molecule has 5 heteroatoms. The number of aryl methyl sites for hydroxylation is 2. The van der Waals surface area contributed by atoms with Gasteiger partial charge in [-0.1, -0.05) is 36.4 Å². The SMILES string of the molecule is Cc1cc(C)cc(NC(=O)C(=O)NCC(O)Cc2ccccc2)c1. The fourth-order valence-electron chi connectivity index (χ4n) is 2.48. The first-order valence-electron chi connectivity index (χ1n) is 7.83. The van der Waals surface area contributed by atoms with Crippen molar-refractivity contribution in [3.8, 4) is 0 Å². The van der Waals surface area contributed by atoms with E-state index < -0.39 is 17.9 Å². The second kappa shape index (κ2) is 8.26. The second-order valence-corrected chi connectivity index (χ2v) is 5.88. The molecule has 0 saturated carbocycles. The van der Waals surface area contributed by atoms with E-state index in [9.17, 15) is 14.7 Å². The Morgan fingerprint density at radius 2 is 1.62 bits per heavy atom. The molecule has 5 nitrogen and oxygen atoms in total. The first kappa shape index (κ1) is 17.7. The molecule has 0 spiro atoms. The molecule has 2 amide bonds. The number of amides is 2. The molecule has 0 aliphatic heterocycles. The summed E-state index contributed by atoms with van der Waals surface area (Å²) in [4.78, 5) is 23.7. The zero-order valence-corrected chi connectivity index (χ0v) is 13.9. The largest absolute Gasteiger partial charge is 0.391 e. The van der Waals surface area contributed by atoms with Gasteiger partial charge in [0.2, 0.25) is 0 Å². The maximum atomic E-state index is 11.9. The fourth-order valence-corrected chi connectivity index (χ4v) is 2.48. The predicted molar refractivity (Wildman–Crippen MR) is 93.7 cm³/mol. The minimum Gasteiger partial charge on any atom is -0.391 e. The molecule has 0 heterocycles. The zero-order chi connectivity index (χ0) is 17.5. The number of nitrogens with one attached hydrogen (secondary N) is 2. The molecular weight excluding hydrogens is 304 g/mol. The Balaban J connectivity index is 1.82. The number of benzene rings is 2. The Labute approximate surface area is 141 Å². The van der Waals surface area contributed by atoms with Crippen molar-refractivity contribution >= 4 is 17.5 Å². The summed E-state index contributed by atoms with van der Waals surface area (Å²) < 4.78 is 0. The van der Waals surface area contributed by atoms with Crippen molar-refractivity contribution in [2.45, 2.75) is 26.4 Å². The van der Waals surface area contributed by atoms with Gasteiger partial charge in [-0.25, -0.2) is 0 Å². The van der Waals surface area contributed by atoms with Crippen molar-refractivity contribution < 1.29 is 14.7 Å². The van der Waals surface area contributed by atoms with E-state index in [-0.39, 0.29) is 6.54 Å². The minimum absolute atomic E-state index is 0.0218. The summed E-state index contributed by atoms with van der Waals surface area (Å²) >= 11 is 0. The van der Waals surface area contributed by atoms with Crippen LogP contribution in [0.25, 0.3) is 0 Å². The first-order valence-corrected chi connectivity index (χ1v) is 7.83. The van der Waals surface area contributed by atoms with Crippen molar-refractivity contribution in [2.24, 2.45) is 0 Å². The summed E-state index contributed by atoms with van der Waals surface area (Å²) in [5.41, 5.74) is 3.56. The molecule has 0 aromatic heterocycles. The fraction of sp³-hybridized carbons (Fsp3) is 0.263.